The van der Waals surface area contributed by atoms with Gasteiger partial charge in [0.05, 0.1) is 0 Å². The van der Waals surface area contributed by atoms with E-state index in [0.717, 1.165) is 5.56 Å². The zero-order chi connectivity index (χ0) is 16.7. The van der Waals surface area contributed by atoms with Crippen LogP contribution in [0.15, 0.2) is 54.6 Å². The molecule has 120 valence electrons. The maximum Gasteiger partial charge on any atom is 0.323 e. The number of nitrogens with zero attached hydrogens (tertiary/aromatic N) is 1. The normalized spacial score (nSPS) is 10.1. The molecular weight excluding hydrogens is 316 g/mol. The fourth-order valence-electron chi connectivity index (χ4n) is 2.09. The van der Waals surface area contributed by atoms with Crippen molar-refractivity contribution in [3.63, 3.8) is 0 Å². The number of urea groups is 1. The highest BCUT2D eigenvalue weighted by molar-refractivity contribution is 6.30. The van der Waals surface area contributed by atoms with Gasteiger partial charge in [-0.2, -0.15) is 0 Å². The predicted octanol–water partition coefficient (Wildman–Crippen LogP) is 3.50. The van der Waals surface area contributed by atoms with Crippen molar-refractivity contribution >= 4 is 29.3 Å². The molecule has 0 heterocycles. The number of carboxylic acids is 1. The Kier molecular flexibility index (Phi) is 6.00. The van der Waals surface area contributed by atoms with Crippen molar-refractivity contribution in [1.82, 2.24) is 4.90 Å². The lowest BCUT2D eigenvalue weighted by Crippen LogP contribution is -2.40. The highest BCUT2D eigenvalue weighted by Gasteiger charge is 2.16. The number of aliphatic carboxylic acids is 1. The van der Waals surface area contributed by atoms with Gasteiger partial charge in [-0.3, -0.25) is 4.79 Å². The minimum atomic E-state index is -1.06. The number of halogens is 1. The zero-order valence-electron chi connectivity index (χ0n) is 12.4. The molecule has 0 saturated heterocycles. The van der Waals surface area contributed by atoms with Crippen LogP contribution in [0.1, 0.15) is 5.56 Å². The van der Waals surface area contributed by atoms with E-state index in [4.69, 9.17) is 16.7 Å². The second-order valence-electron chi connectivity index (χ2n) is 4.99. The van der Waals surface area contributed by atoms with Crippen LogP contribution in [0.3, 0.4) is 0 Å². The van der Waals surface area contributed by atoms with Gasteiger partial charge in [-0.1, -0.05) is 48.0 Å². The first-order valence-corrected chi connectivity index (χ1v) is 7.49. The van der Waals surface area contributed by atoms with E-state index in [2.05, 4.69) is 5.32 Å². The molecule has 2 amide bonds. The number of amides is 2. The summed E-state index contributed by atoms with van der Waals surface area (Å²) >= 11 is 5.87. The van der Waals surface area contributed by atoms with Gasteiger partial charge in [0.2, 0.25) is 0 Å². The van der Waals surface area contributed by atoms with Crippen LogP contribution >= 0.6 is 11.6 Å². The van der Waals surface area contributed by atoms with Gasteiger partial charge in [0.15, 0.2) is 0 Å². The van der Waals surface area contributed by atoms with E-state index in [9.17, 15) is 9.59 Å². The van der Waals surface area contributed by atoms with Crippen molar-refractivity contribution in [2.24, 2.45) is 0 Å². The highest BCUT2D eigenvalue weighted by atomic mass is 35.5. The van der Waals surface area contributed by atoms with Crippen molar-refractivity contribution in [2.45, 2.75) is 6.42 Å². The van der Waals surface area contributed by atoms with Gasteiger partial charge in [0, 0.05) is 17.3 Å². The number of anilines is 1. The monoisotopic (exact) mass is 332 g/mol. The first-order valence-electron chi connectivity index (χ1n) is 7.12. The van der Waals surface area contributed by atoms with Crippen LogP contribution in [-0.2, 0) is 11.2 Å². The summed E-state index contributed by atoms with van der Waals surface area (Å²) in [5.74, 6) is -1.06. The first kappa shape index (κ1) is 16.8. The summed E-state index contributed by atoms with van der Waals surface area (Å²) in [5, 5.41) is 12.2. The summed E-state index contributed by atoms with van der Waals surface area (Å²) in [5.41, 5.74) is 1.57. The molecule has 2 N–H and O–H groups in total. The van der Waals surface area contributed by atoms with Gasteiger partial charge in [0.25, 0.3) is 0 Å². The molecule has 0 aromatic heterocycles. The van der Waals surface area contributed by atoms with Gasteiger partial charge in [-0.05, 0) is 30.2 Å². The quantitative estimate of drug-likeness (QED) is 0.850. The fourth-order valence-corrected chi connectivity index (χ4v) is 2.28. The summed E-state index contributed by atoms with van der Waals surface area (Å²) in [6.07, 6.45) is 0.580. The summed E-state index contributed by atoms with van der Waals surface area (Å²) in [4.78, 5) is 24.5. The van der Waals surface area contributed by atoms with E-state index in [1.54, 1.807) is 24.3 Å². The van der Waals surface area contributed by atoms with Crippen LogP contribution < -0.4 is 5.32 Å². The molecule has 0 unspecified atom stereocenters. The van der Waals surface area contributed by atoms with Crippen LogP contribution in [0.5, 0.6) is 0 Å². The average Bonchev–Trinajstić information content (AvgIpc) is 2.52. The molecule has 0 fully saturated rings. The Labute approximate surface area is 139 Å². The fraction of sp³-hybridized carbons (Fsp3) is 0.176. The summed E-state index contributed by atoms with van der Waals surface area (Å²) in [6.45, 7) is -0.0536. The summed E-state index contributed by atoms with van der Waals surface area (Å²) in [6, 6.07) is 15.8. The minimum absolute atomic E-state index is 0.308. The zero-order valence-corrected chi connectivity index (χ0v) is 13.2. The highest BCUT2D eigenvalue weighted by Crippen LogP contribution is 2.15. The Morgan fingerprint density at radius 3 is 2.48 bits per heavy atom. The molecular formula is C17H17ClN2O3. The maximum atomic E-state index is 12.3. The third-order valence-electron chi connectivity index (χ3n) is 3.20. The van der Waals surface area contributed by atoms with Crippen molar-refractivity contribution in [3.05, 3.63) is 65.2 Å². The number of carboxylic acid groups (broad SMARTS) is 1. The Morgan fingerprint density at radius 1 is 1.09 bits per heavy atom. The molecule has 0 aliphatic carbocycles. The van der Waals surface area contributed by atoms with E-state index in [0.29, 0.717) is 23.7 Å². The number of hydrogen-bond donors (Lipinski definition) is 2. The number of carbonyl (C=O) groups is 2. The lowest BCUT2D eigenvalue weighted by atomic mass is 10.1. The molecule has 2 rings (SSSR count). The molecule has 0 bridgehead atoms. The van der Waals surface area contributed by atoms with Crippen molar-refractivity contribution < 1.29 is 14.7 Å². The molecule has 0 aliphatic rings. The molecule has 2 aromatic rings. The van der Waals surface area contributed by atoms with E-state index < -0.39 is 12.0 Å². The van der Waals surface area contributed by atoms with E-state index >= 15 is 0 Å². The van der Waals surface area contributed by atoms with Gasteiger partial charge in [-0.25, -0.2) is 4.79 Å². The van der Waals surface area contributed by atoms with E-state index in [1.165, 1.54) is 4.90 Å². The van der Waals surface area contributed by atoms with Crippen LogP contribution in [0, 0.1) is 0 Å². The maximum absolute atomic E-state index is 12.3. The lowest BCUT2D eigenvalue weighted by molar-refractivity contribution is -0.137. The van der Waals surface area contributed by atoms with Crippen molar-refractivity contribution in [1.29, 1.82) is 0 Å². The Hall–Kier alpha value is -2.53. The van der Waals surface area contributed by atoms with E-state index in [-0.39, 0.29) is 6.54 Å². The number of nitrogens with one attached hydrogen (secondary N) is 1. The van der Waals surface area contributed by atoms with Gasteiger partial charge in [0.1, 0.15) is 6.54 Å². The standard InChI is InChI=1S/C17H17ClN2O3/c18-14-7-4-8-15(11-14)19-17(23)20(12-16(21)22)10-9-13-5-2-1-3-6-13/h1-8,11H,9-10,12H2,(H,19,23)(H,21,22). The molecule has 0 saturated carbocycles. The topological polar surface area (TPSA) is 69.6 Å². The molecule has 0 aliphatic heterocycles. The van der Waals surface area contributed by atoms with Gasteiger partial charge < -0.3 is 15.3 Å². The van der Waals surface area contributed by atoms with E-state index in [1.807, 2.05) is 30.3 Å². The Bertz CT molecular complexity index is 677. The Morgan fingerprint density at radius 2 is 1.83 bits per heavy atom. The minimum Gasteiger partial charge on any atom is -0.480 e. The van der Waals surface area contributed by atoms with Gasteiger partial charge >= 0.3 is 12.0 Å². The third kappa shape index (κ3) is 5.64. The molecule has 0 atom stereocenters. The van der Waals surface area contributed by atoms with Crippen LogP contribution in [0.25, 0.3) is 0 Å². The second-order valence-corrected chi connectivity index (χ2v) is 5.43. The molecule has 2 aromatic carbocycles. The smallest absolute Gasteiger partial charge is 0.323 e. The molecule has 5 nitrogen and oxygen atoms in total. The number of carbonyl (C=O) groups excluding carboxylic acids is 1. The summed E-state index contributed by atoms with van der Waals surface area (Å²) < 4.78 is 0. The largest absolute Gasteiger partial charge is 0.480 e. The molecule has 6 heteroatoms. The second kappa shape index (κ2) is 8.19. The van der Waals surface area contributed by atoms with Crippen molar-refractivity contribution in [3.8, 4) is 0 Å². The molecule has 23 heavy (non-hydrogen) atoms. The Balaban J connectivity index is 2.01. The average molecular weight is 333 g/mol. The van der Waals surface area contributed by atoms with Crippen LogP contribution in [0.2, 0.25) is 5.02 Å². The number of rotatable bonds is 6. The third-order valence-corrected chi connectivity index (χ3v) is 3.44. The summed E-state index contributed by atoms with van der Waals surface area (Å²) in [7, 11) is 0. The van der Waals surface area contributed by atoms with Crippen LogP contribution in [-0.4, -0.2) is 35.1 Å². The first-order chi connectivity index (χ1) is 11.0. The predicted molar refractivity (Wildman–Crippen MR) is 89.8 cm³/mol. The SMILES string of the molecule is O=C(O)CN(CCc1ccccc1)C(=O)Nc1cccc(Cl)c1. The lowest BCUT2D eigenvalue weighted by Gasteiger charge is -2.21. The number of hydrogen-bond acceptors (Lipinski definition) is 2. The molecule has 0 radical (unpaired) electrons. The van der Waals surface area contributed by atoms with Crippen LogP contribution in [0.4, 0.5) is 10.5 Å². The molecule has 0 spiro atoms. The van der Waals surface area contributed by atoms with Gasteiger partial charge in [-0.15, -0.1) is 0 Å². The number of benzene rings is 2. The van der Waals surface area contributed by atoms with Crippen molar-refractivity contribution in [2.75, 3.05) is 18.4 Å².